The first kappa shape index (κ1) is 8.51. The van der Waals surface area contributed by atoms with E-state index in [2.05, 4.69) is 10.2 Å². The van der Waals surface area contributed by atoms with Crippen LogP contribution in [0.4, 0.5) is 0 Å². The van der Waals surface area contributed by atoms with Crippen LogP contribution >= 0.6 is 0 Å². The van der Waals surface area contributed by atoms with Crippen LogP contribution in [-0.4, -0.2) is 16.7 Å². The second-order valence-electron chi connectivity index (χ2n) is 3.41. The number of fused-ring (bicyclic) bond motifs is 1. The molecule has 1 aliphatic rings. The second-order valence-corrected chi connectivity index (χ2v) is 3.41. The standard InChI is InChI=1S/C10H15N3/c11-7-3-6-10-8-4-1-2-5-9(8)12-13-10/h3,6H,1-2,4-5,7,11H2,(H,12,13)/b6-3+. The van der Waals surface area contributed by atoms with Gasteiger partial charge in [-0.15, -0.1) is 0 Å². The zero-order chi connectivity index (χ0) is 9.10. The van der Waals surface area contributed by atoms with Crippen LogP contribution in [0.15, 0.2) is 6.08 Å². The Morgan fingerprint density at radius 1 is 1.38 bits per heavy atom. The Labute approximate surface area is 78.0 Å². The fourth-order valence-electron chi connectivity index (χ4n) is 1.82. The van der Waals surface area contributed by atoms with Crippen molar-refractivity contribution in [3.8, 4) is 0 Å². The second kappa shape index (κ2) is 3.75. The highest BCUT2D eigenvalue weighted by Gasteiger charge is 2.14. The molecular weight excluding hydrogens is 162 g/mol. The Morgan fingerprint density at radius 3 is 3.08 bits per heavy atom. The summed E-state index contributed by atoms with van der Waals surface area (Å²) in [5.74, 6) is 0. The first-order chi connectivity index (χ1) is 6.42. The molecule has 0 spiro atoms. The van der Waals surface area contributed by atoms with Crippen molar-refractivity contribution in [1.82, 2.24) is 10.2 Å². The largest absolute Gasteiger partial charge is 0.327 e. The molecule has 0 fully saturated rings. The van der Waals surface area contributed by atoms with E-state index < -0.39 is 0 Å². The molecular formula is C10H15N3. The summed E-state index contributed by atoms with van der Waals surface area (Å²) in [7, 11) is 0. The average Bonchev–Trinajstić information content (AvgIpc) is 2.58. The number of aromatic nitrogens is 2. The molecule has 1 heterocycles. The van der Waals surface area contributed by atoms with Crippen LogP contribution in [0.25, 0.3) is 6.08 Å². The number of aryl methyl sites for hydroxylation is 1. The lowest BCUT2D eigenvalue weighted by Gasteiger charge is -2.09. The summed E-state index contributed by atoms with van der Waals surface area (Å²) in [5, 5.41) is 7.36. The van der Waals surface area contributed by atoms with E-state index in [1.165, 1.54) is 24.1 Å². The highest BCUT2D eigenvalue weighted by molar-refractivity contribution is 5.51. The third kappa shape index (κ3) is 1.65. The molecule has 70 valence electrons. The van der Waals surface area contributed by atoms with Crippen molar-refractivity contribution in [2.24, 2.45) is 5.73 Å². The highest BCUT2D eigenvalue weighted by Crippen LogP contribution is 2.22. The fraction of sp³-hybridized carbons (Fsp3) is 0.500. The summed E-state index contributed by atoms with van der Waals surface area (Å²) in [5.41, 5.74) is 9.20. The molecule has 0 saturated carbocycles. The summed E-state index contributed by atoms with van der Waals surface area (Å²) in [6.07, 6.45) is 8.85. The Balaban J connectivity index is 2.26. The van der Waals surface area contributed by atoms with E-state index in [-0.39, 0.29) is 0 Å². The van der Waals surface area contributed by atoms with E-state index in [0.29, 0.717) is 6.54 Å². The minimum absolute atomic E-state index is 0.585. The summed E-state index contributed by atoms with van der Waals surface area (Å²) >= 11 is 0. The van der Waals surface area contributed by atoms with Gasteiger partial charge in [0.2, 0.25) is 0 Å². The predicted octanol–water partition coefficient (Wildman–Crippen LogP) is 1.26. The van der Waals surface area contributed by atoms with Gasteiger partial charge in [-0.05, 0) is 31.8 Å². The molecule has 0 radical (unpaired) electrons. The maximum Gasteiger partial charge on any atom is 0.0880 e. The smallest absolute Gasteiger partial charge is 0.0880 e. The van der Waals surface area contributed by atoms with Crippen molar-refractivity contribution in [2.75, 3.05) is 6.54 Å². The Bertz CT molecular complexity index is 312. The van der Waals surface area contributed by atoms with Crippen LogP contribution in [0.5, 0.6) is 0 Å². The van der Waals surface area contributed by atoms with Gasteiger partial charge in [0, 0.05) is 17.8 Å². The van der Waals surface area contributed by atoms with Gasteiger partial charge in [0.05, 0.1) is 5.69 Å². The number of nitrogens with zero attached hydrogens (tertiary/aromatic N) is 1. The highest BCUT2D eigenvalue weighted by atomic mass is 15.1. The molecule has 2 rings (SSSR count). The van der Waals surface area contributed by atoms with Gasteiger partial charge >= 0.3 is 0 Å². The lowest BCUT2D eigenvalue weighted by molar-refractivity contribution is 0.674. The van der Waals surface area contributed by atoms with Gasteiger partial charge in [0.15, 0.2) is 0 Å². The predicted molar refractivity (Wildman–Crippen MR) is 53.3 cm³/mol. The first-order valence-electron chi connectivity index (χ1n) is 4.84. The maximum atomic E-state index is 5.40. The van der Waals surface area contributed by atoms with Crippen LogP contribution in [0.3, 0.4) is 0 Å². The lowest BCUT2D eigenvalue weighted by Crippen LogP contribution is -2.01. The minimum atomic E-state index is 0.585. The van der Waals surface area contributed by atoms with Gasteiger partial charge < -0.3 is 5.73 Å². The molecule has 13 heavy (non-hydrogen) atoms. The molecule has 0 atom stereocenters. The molecule has 0 aliphatic heterocycles. The van der Waals surface area contributed by atoms with Crippen molar-refractivity contribution in [2.45, 2.75) is 25.7 Å². The molecule has 0 aromatic carbocycles. The monoisotopic (exact) mass is 177 g/mol. The third-order valence-electron chi connectivity index (χ3n) is 2.50. The maximum absolute atomic E-state index is 5.40. The van der Waals surface area contributed by atoms with Crippen LogP contribution in [-0.2, 0) is 12.8 Å². The van der Waals surface area contributed by atoms with Gasteiger partial charge in [-0.25, -0.2) is 0 Å². The summed E-state index contributed by atoms with van der Waals surface area (Å²) < 4.78 is 0. The van der Waals surface area contributed by atoms with Crippen molar-refractivity contribution < 1.29 is 0 Å². The van der Waals surface area contributed by atoms with E-state index in [4.69, 9.17) is 5.73 Å². The van der Waals surface area contributed by atoms with Crippen LogP contribution < -0.4 is 5.73 Å². The quantitative estimate of drug-likeness (QED) is 0.714. The molecule has 0 saturated heterocycles. The van der Waals surface area contributed by atoms with Crippen molar-refractivity contribution >= 4 is 6.08 Å². The first-order valence-corrected chi connectivity index (χ1v) is 4.84. The summed E-state index contributed by atoms with van der Waals surface area (Å²) in [6, 6.07) is 0. The number of aromatic amines is 1. The molecule has 3 heteroatoms. The topological polar surface area (TPSA) is 54.7 Å². The SMILES string of the molecule is NC/C=C/c1n[nH]c2c1CCCC2. The van der Waals surface area contributed by atoms with Crippen LogP contribution in [0.2, 0.25) is 0 Å². The molecule has 0 amide bonds. The number of hydrogen-bond acceptors (Lipinski definition) is 2. The van der Waals surface area contributed by atoms with E-state index in [9.17, 15) is 0 Å². The summed E-state index contributed by atoms with van der Waals surface area (Å²) in [6.45, 7) is 0.585. The molecule has 3 nitrogen and oxygen atoms in total. The number of hydrogen-bond donors (Lipinski definition) is 2. The molecule has 1 aromatic heterocycles. The zero-order valence-electron chi connectivity index (χ0n) is 7.71. The number of nitrogens with one attached hydrogen (secondary N) is 1. The van der Waals surface area contributed by atoms with E-state index >= 15 is 0 Å². The molecule has 0 unspecified atom stereocenters. The van der Waals surface area contributed by atoms with Gasteiger partial charge in [0.25, 0.3) is 0 Å². The normalized spacial score (nSPS) is 16.4. The minimum Gasteiger partial charge on any atom is -0.327 e. The Morgan fingerprint density at radius 2 is 2.23 bits per heavy atom. The summed E-state index contributed by atoms with van der Waals surface area (Å²) in [4.78, 5) is 0. The Hall–Kier alpha value is -1.09. The van der Waals surface area contributed by atoms with Gasteiger partial charge in [-0.3, -0.25) is 5.10 Å². The van der Waals surface area contributed by atoms with E-state index in [1.807, 2.05) is 12.2 Å². The third-order valence-corrected chi connectivity index (χ3v) is 2.50. The van der Waals surface area contributed by atoms with E-state index in [0.717, 1.165) is 18.5 Å². The van der Waals surface area contributed by atoms with Crippen LogP contribution in [0, 0.1) is 0 Å². The van der Waals surface area contributed by atoms with Crippen molar-refractivity contribution in [3.05, 3.63) is 23.0 Å². The zero-order valence-corrected chi connectivity index (χ0v) is 7.71. The fourth-order valence-corrected chi connectivity index (χ4v) is 1.82. The molecule has 1 aliphatic carbocycles. The number of H-pyrrole nitrogens is 1. The molecule has 0 bridgehead atoms. The van der Waals surface area contributed by atoms with E-state index in [1.54, 1.807) is 0 Å². The van der Waals surface area contributed by atoms with Crippen molar-refractivity contribution in [3.63, 3.8) is 0 Å². The Kier molecular flexibility index (Phi) is 2.45. The van der Waals surface area contributed by atoms with Gasteiger partial charge in [-0.1, -0.05) is 6.08 Å². The van der Waals surface area contributed by atoms with Gasteiger partial charge in [0.1, 0.15) is 0 Å². The molecule has 1 aromatic rings. The van der Waals surface area contributed by atoms with Crippen LogP contribution in [0.1, 0.15) is 29.8 Å². The number of rotatable bonds is 2. The number of nitrogens with two attached hydrogens (primary N) is 1. The lowest BCUT2D eigenvalue weighted by atomic mass is 9.96. The molecule has 3 N–H and O–H groups in total. The average molecular weight is 177 g/mol. The van der Waals surface area contributed by atoms with Crippen molar-refractivity contribution in [1.29, 1.82) is 0 Å². The van der Waals surface area contributed by atoms with Gasteiger partial charge in [-0.2, -0.15) is 5.10 Å².